The van der Waals surface area contributed by atoms with E-state index in [0.29, 0.717) is 12.2 Å². The molecule has 0 fully saturated rings. The van der Waals surface area contributed by atoms with Gasteiger partial charge in [-0.1, -0.05) is 30.3 Å². The van der Waals surface area contributed by atoms with Crippen molar-refractivity contribution in [3.05, 3.63) is 95.6 Å². The van der Waals surface area contributed by atoms with E-state index >= 15 is 0 Å². The molecule has 6 heteroatoms. The second kappa shape index (κ2) is 9.30. The molecule has 0 aliphatic carbocycles. The second-order valence-electron chi connectivity index (χ2n) is 6.83. The van der Waals surface area contributed by atoms with Crippen LogP contribution in [-0.2, 0) is 11.3 Å². The van der Waals surface area contributed by atoms with Gasteiger partial charge in [-0.2, -0.15) is 0 Å². The van der Waals surface area contributed by atoms with E-state index in [4.69, 9.17) is 4.74 Å². The molecule has 150 valence electrons. The van der Waals surface area contributed by atoms with Crippen molar-refractivity contribution >= 4 is 11.6 Å². The summed E-state index contributed by atoms with van der Waals surface area (Å²) in [6.07, 6.45) is 0. The zero-order chi connectivity index (χ0) is 20.8. The van der Waals surface area contributed by atoms with Gasteiger partial charge in [-0.3, -0.25) is 4.79 Å². The maximum Gasteiger partial charge on any atom is 0.287 e. The van der Waals surface area contributed by atoms with Crippen molar-refractivity contribution in [1.29, 1.82) is 0 Å². The molecule has 4 nitrogen and oxygen atoms in total. The van der Waals surface area contributed by atoms with E-state index in [-0.39, 0.29) is 17.5 Å². The number of benzene rings is 3. The lowest BCUT2D eigenvalue weighted by Crippen LogP contribution is -3.09. The molecule has 3 aromatic rings. The SMILES string of the molecule is COc1ccc(C[NH+](C)[C@@H](C(=O)Nc2ccc(F)cc2)c2ccccc2)cc1F. The molecule has 1 unspecified atom stereocenters. The Morgan fingerprint density at radius 3 is 2.34 bits per heavy atom. The Morgan fingerprint density at radius 1 is 1.03 bits per heavy atom. The van der Waals surface area contributed by atoms with Crippen molar-refractivity contribution in [2.24, 2.45) is 0 Å². The summed E-state index contributed by atoms with van der Waals surface area (Å²) in [5, 5.41) is 2.84. The number of methoxy groups -OCH3 is 1. The van der Waals surface area contributed by atoms with Crippen LogP contribution in [0.25, 0.3) is 0 Å². The summed E-state index contributed by atoms with van der Waals surface area (Å²) >= 11 is 0. The number of ether oxygens (including phenoxy) is 1. The van der Waals surface area contributed by atoms with Gasteiger partial charge in [-0.05, 0) is 42.5 Å². The number of amides is 1. The smallest absolute Gasteiger partial charge is 0.287 e. The van der Waals surface area contributed by atoms with Gasteiger partial charge in [-0.25, -0.2) is 8.78 Å². The van der Waals surface area contributed by atoms with Crippen LogP contribution in [0.15, 0.2) is 72.8 Å². The Balaban J connectivity index is 1.83. The third-order valence-electron chi connectivity index (χ3n) is 4.70. The molecule has 3 rings (SSSR count). The Bertz CT molecular complexity index is 962. The van der Waals surface area contributed by atoms with Gasteiger partial charge >= 0.3 is 0 Å². The van der Waals surface area contributed by atoms with Gasteiger partial charge in [0.2, 0.25) is 0 Å². The fraction of sp³-hybridized carbons (Fsp3) is 0.174. The molecule has 0 aliphatic rings. The number of hydrogen-bond donors (Lipinski definition) is 2. The molecule has 0 radical (unpaired) electrons. The van der Waals surface area contributed by atoms with Gasteiger partial charge in [0, 0.05) is 16.8 Å². The van der Waals surface area contributed by atoms with E-state index in [1.165, 1.54) is 37.4 Å². The van der Waals surface area contributed by atoms with E-state index in [1.807, 2.05) is 37.4 Å². The predicted octanol–water partition coefficient (Wildman–Crippen LogP) is 3.37. The Labute approximate surface area is 168 Å². The number of rotatable bonds is 7. The van der Waals surface area contributed by atoms with Crippen LogP contribution in [0, 0.1) is 11.6 Å². The molecule has 2 N–H and O–H groups in total. The first-order valence-electron chi connectivity index (χ1n) is 9.24. The molecular formula is C23H23F2N2O2+. The summed E-state index contributed by atoms with van der Waals surface area (Å²) in [5.74, 6) is -0.855. The summed E-state index contributed by atoms with van der Waals surface area (Å²) in [6.45, 7) is 0.428. The monoisotopic (exact) mass is 397 g/mol. The normalized spacial score (nSPS) is 12.8. The topological polar surface area (TPSA) is 42.8 Å². The third-order valence-corrected chi connectivity index (χ3v) is 4.70. The largest absolute Gasteiger partial charge is 0.494 e. The fourth-order valence-electron chi connectivity index (χ4n) is 3.30. The standard InChI is InChI=1S/C23H22F2N2O2/c1-27(15-16-8-13-21(29-2)20(25)14-16)22(17-6-4-3-5-7-17)23(28)26-19-11-9-18(24)10-12-19/h3-14,22H,15H2,1-2H3,(H,26,28)/p+1/t22-/m1/s1. The lowest BCUT2D eigenvalue weighted by Gasteiger charge is -2.25. The highest BCUT2D eigenvalue weighted by atomic mass is 19.1. The van der Waals surface area contributed by atoms with Gasteiger partial charge < -0.3 is 15.0 Å². The van der Waals surface area contributed by atoms with Crippen LogP contribution < -0.4 is 15.0 Å². The molecule has 0 aliphatic heterocycles. The van der Waals surface area contributed by atoms with Gasteiger partial charge in [0.05, 0.1) is 14.2 Å². The summed E-state index contributed by atoms with van der Waals surface area (Å²) < 4.78 is 32.2. The minimum absolute atomic E-state index is 0.181. The lowest BCUT2D eigenvalue weighted by atomic mass is 10.0. The highest BCUT2D eigenvalue weighted by Crippen LogP contribution is 2.18. The number of quaternary nitrogens is 1. The van der Waals surface area contributed by atoms with Crippen molar-refractivity contribution in [3.63, 3.8) is 0 Å². The Morgan fingerprint density at radius 2 is 1.72 bits per heavy atom. The maximum absolute atomic E-state index is 14.1. The van der Waals surface area contributed by atoms with Crippen molar-refractivity contribution < 1.29 is 23.2 Å². The van der Waals surface area contributed by atoms with Crippen LogP contribution in [-0.4, -0.2) is 20.1 Å². The van der Waals surface area contributed by atoms with Crippen LogP contribution in [0.1, 0.15) is 17.2 Å². The first kappa shape index (κ1) is 20.5. The van der Waals surface area contributed by atoms with Crippen LogP contribution in [0.2, 0.25) is 0 Å². The molecule has 0 saturated carbocycles. The fourth-order valence-corrected chi connectivity index (χ4v) is 3.30. The zero-order valence-corrected chi connectivity index (χ0v) is 16.3. The van der Waals surface area contributed by atoms with Crippen LogP contribution >= 0.6 is 0 Å². The summed E-state index contributed by atoms with van der Waals surface area (Å²) in [6, 6.07) is 19.3. The first-order chi connectivity index (χ1) is 14.0. The van der Waals surface area contributed by atoms with E-state index < -0.39 is 11.9 Å². The first-order valence-corrected chi connectivity index (χ1v) is 9.24. The van der Waals surface area contributed by atoms with E-state index in [2.05, 4.69) is 5.32 Å². The number of nitrogens with one attached hydrogen (secondary N) is 2. The predicted molar refractivity (Wildman–Crippen MR) is 108 cm³/mol. The quantitative estimate of drug-likeness (QED) is 0.642. The molecule has 1 amide bonds. The van der Waals surface area contributed by atoms with Crippen LogP contribution in [0.3, 0.4) is 0 Å². The van der Waals surface area contributed by atoms with E-state index in [9.17, 15) is 13.6 Å². The lowest BCUT2D eigenvalue weighted by molar-refractivity contribution is -0.915. The molecule has 0 bridgehead atoms. The minimum Gasteiger partial charge on any atom is -0.494 e. The van der Waals surface area contributed by atoms with Crippen molar-refractivity contribution in [2.75, 3.05) is 19.5 Å². The highest BCUT2D eigenvalue weighted by molar-refractivity contribution is 5.94. The van der Waals surface area contributed by atoms with Crippen molar-refractivity contribution in [3.8, 4) is 5.75 Å². The Hall–Kier alpha value is -3.25. The number of carbonyl (C=O) groups excluding carboxylic acids is 1. The van der Waals surface area contributed by atoms with Crippen molar-refractivity contribution in [2.45, 2.75) is 12.6 Å². The van der Waals surface area contributed by atoms with E-state index in [0.717, 1.165) is 16.0 Å². The number of hydrogen-bond acceptors (Lipinski definition) is 2. The number of carbonyl (C=O) groups is 1. The Kier molecular flexibility index (Phi) is 6.57. The molecule has 2 atom stereocenters. The third kappa shape index (κ3) is 5.18. The molecule has 29 heavy (non-hydrogen) atoms. The van der Waals surface area contributed by atoms with Crippen LogP contribution in [0.5, 0.6) is 5.75 Å². The summed E-state index contributed by atoms with van der Waals surface area (Å²) in [7, 11) is 3.30. The summed E-state index contributed by atoms with van der Waals surface area (Å²) in [5.41, 5.74) is 2.09. The average molecular weight is 397 g/mol. The highest BCUT2D eigenvalue weighted by Gasteiger charge is 2.29. The van der Waals surface area contributed by atoms with Crippen LogP contribution in [0.4, 0.5) is 14.5 Å². The summed E-state index contributed by atoms with van der Waals surface area (Å²) in [4.78, 5) is 13.9. The van der Waals surface area contributed by atoms with Crippen molar-refractivity contribution in [1.82, 2.24) is 0 Å². The maximum atomic E-state index is 14.1. The van der Waals surface area contributed by atoms with Gasteiger partial charge in [0.1, 0.15) is 12.4 Å². The van der Waals surface area contributed by atoms with Gasteiger partial charge in [0.15, 0.2) is 17.6 Å². The molecule has 0 aromatic heterocycles. The minimum atomic E-state index is -0.536. The van der Waals surface area contributed by atoms with Gasteiger partial charge in [0.25, 0.3) is 5.91 Å². The number of halogens is 2. The average Bonchev–Trinajstić information content (AvgIpc) is 2.71. The number of likely N-dealkylation sites (N-methyl/N-ethyl adjacent to an activating group) is 1. The molecular weight excluding hydrogens is 374 g/mol. The second-order valence-corrected chi connectivity index (χ2v) is 6.83. The van der Waals surface area contributed by atoms with Gasteiger partial charge in [-0.15, -0.1) is 0 Å². The number of anilines is 1. The molecule has 3 aromatic carbocycles. The molecule has 0 saturated heterocycles. The molecule has 0 spiro atoms. The molecule has 0 heterocycles. The van der Waals surface area contributed by atoms with E-state index in [1.54, 1.807) is 12.1 Å². The zero-order valence-electron chi connectivity index (χ0n) is 16.3.